The Hall–Kier alpha value is -0.730. The molecule has 0 saturated carbocycles. The summed E-state index contributed by atoms with van der Waals surface area (Å²) in [7, 11) is 0. The number of anilines is 1. The van der Waals surface area contributed by atoms with Gasteiger partial charge in [-0.3, -0.25) is 0 Å². The van der Waals surface area contributed by atoms with Crippen LogP contribution in [0.3, 0.4) is 0 Å². The minimum atomic E-state index is -0.476. The molecule has 0 aliphatic rings. The predicted octanol–water partition coefficient (Wildman–Crippen LogP) is 5.29. The van der Waals surface area contributed by atoms with Gasteiger partial charge in [0.25, 0.3) is 0 Å². The van der Waals surface area contributed by atoms with Crippen molar-refractivity contribution in [3.8, 4) is 0 Å². The Morgan fingerprint density at radius 1 is 1.00 bits per heavy atom. The number of hydrogen-bond donors (Lipinski definition) is 1. The first-order chi connectivity index (χ1) is 9.81. The normalized spacial score (nSPS) is 13.0. The fraction of sp³-hybridized carbons (Fsp3) is 0.667. The van der Waals surface area contributed by atoms with Crippen LogP contribution in [-0.2, 0) is 0 Å². The first kappa shape index (κ1) is 18.3. The number of nitrogens with zero attached hydrogens (tertiary/aromatic N) is 1. The SMILES string of the molecule is CC(C)CCN(CCC(C)C)c1ccc([C@@H](C)O)cc1Cl. The summed E-state index contributed by atoms with van der Waals surface area (Å²) in [5, 5.41) is 10.4. The molecule has 1 aromatic carbocycles. The number of halogens is 1. The number of aliphatic hydroxyl groups is 1. The van der Waals surface area contributed by atoms with E-state index in [4.69, 9.17) is 11.6 Å². The Balaban J connectivity index is 2.90. The molecule has 0 heterocycles. The van der Waals surface area contributed by atoms with E-state index in [1.165, 1.54) is 0 Å². The zero-order valence-electron chi connectivity index (χ0n) is 14.1. The molecule has 0 fully saturated rings. The van der Waals surface area contributed by atoms with Crippen molar-refractivity contribution >= 4 is 17.3 Å². The molecule has 0 aliphatic heterocycles. The molecular formula is C18H30ClNO. The molecule has 0 aromatic heterocycles. The van der Waals surface area contributed by atoms with E-state index in [1.807, 2.05) is 18.2 Å². The number of hydrogen-bond acceptors (Lipinski definition) is 2. The lowest BCUT2D eigenvalue weighted by atomic mass is 10.1. The third kappa shape index (κ3) is 6.27. The number of aliphatic hydroxyl groups excluding tert-OH is 1. The first-order valence-corrected chi connectivity index (χ1v) is 8.41. The van der Waals surface area contributed by atoms with Crippen molar-refractivity contribution in [2.75, 3.05) is 18.0 Å². The summed E-state index contributed by atoms with van der Waals surface area (Å²) < 4.78 is 0. The maximum absolute atomic E-state index is 9.66. The van der Waals surface area contributed by atoms with Crippen molar-refractivity contribution < 1.29 is 5.11 Å². The van der Waals surface area contributed by atoms with Gasteiger partial charge in [0.15, 0.2) is 0 Å². The van der Waals surface area contributed by atoms with Gasteiger partial charge in [-0.1, -0.05) is 45.4 Å². The Labute approximate surface area is 135 Å². The molecular weight excluding hydrogens is 282 g/mol. The largest absolute Gasteiger partial charge is 0.389 e. The molecule has 1 aromatic rings. The zero-order chi connectivity index (χ0) is 16.0. The molecule has 0 spiro atoms. The summed E-state index contributed by atoms with van der Waals surface area (Å²) in [6.45, 7) is 12.8. The van der Waals surface area contributed by atoms with Gasteiger partial charge in [-0.15, -0.1) is 0 Å². The van der Waals surface area contributed by atoms with Gasteiger partial charge in [0.1, 0.15) is 0 Å². The highest BCUT2D eigenvalue weighted by Gasteiger charge is 2.13. The minimum Gasteiger partial charge on any atom is -0.389 e. The van der Waals surface area contributed by atoms with E-state index in [1.54, 1.807) is 6.92 Å². The van der Waals surface area contributed by atoms with Crippen LogP contribution < -0.4 is 4.90 Å². The van der Waals surface area contributed by atoms with E-state index in [9.17, 15) is 5.11 Å². The Morgan fingerprint density at radius 2 is 1.52 bits per heavy atom. The fourth-order valence-corrected chi connectivity index (χ4v) is 2.53. The zero-order valence-corrected chi connectivity index (χ0v) is 14.8. The summed E-state index contributed by atoms with van der Waals surface area (Å²) in [5.41, 5.74) is 1.96. The second kappa shape index (κ2) is 8.65. The average Bonchev–Trinajstić information content (AvgIpc) is 2.38. The molecule has 0 radical (unpaired) electrons. The first-order valence-electron chi connectivity index (χ1n) is 8.03. The Bertz CT molecular complexity index is 417. The lowest BCUT2D eigenvalue weighted by molar-refractivity contribution is 0.199. The molecule has 0 amide bonds. The van der Waals surface area contributed by atoms with Crippen molar-refractivity contribution in [1.82, 2.24) is 0 Å². The molecule has 1 atom stereocenters. The van der Waals surface area contributed by atoms with E-state index < -0.39 is 6.10 Å². The molecule has 1 rings (SSSR count). The Morgan fingerprint density at radius 3 is 1.90 bits per heavy atom. The van der Waals surface area contributed by atoms with E-state index in [0.29, 0.717) is 11.8 Å². The second-order valence-corrected chi connectivity index (χ2v) is 7.15. The Kier molecular flexibility index (Phi) is 7.55. The monoisotopic (exact) mass is 311 g/mol. The molecule has 0 bridgehead atoms. The van der Waals surface area contributed by atoms with E-state index in [2.05, 4.69) is 32.6 Å². The number of benzene rings is 1. The van der Waals surface area contributed by atoms with Gasteiger partial charge in [-0.25, -0.2) is 0 Å². The van der Waals surface area contributed by atoms with Crippen molar-refractivity contribution in [3.63, 3.8) is 0 Å². The summed E-state index contributed by atoms with van der Waals surface area (Å²) in [5.74, 6) is 1.36. The van der Waals surface area contributed by atoms with Crippen LogP contribution >= 0.6 is 11.6 Å². The van der Waals surface area contributed by atoms with Crippen LogP contribution in [0.25, 0.3) is 0 Å². The van der Waals surface area contributed by atoms with Gasteiger partial charge in [0.2, 0.25) is 0 Å². The van der Waals surface area contributed by atoms with Crippen LogP contribution in [0.15, 0.2) is 18.2 Å². The summed E-state index contributed by atoms with van der Waals surface area (Å²) in [4.78, 5) is 2.38. The summed E-state index contributed by atoms with van der Waals surface area (Å²) in [6, 6.07) is 5.91. The second-order valence-electron chi connectivity index (χ2n) is 6.74. The van der Waals surface area contributed by atoms with Gasteiger partial charge in [0.05, 0.1) is 16.8 Å². The van der Waals surface area contributed by atoms with Crippen molar-refractivity contribution in [3.05, 3.63) is 28.8 Å². The van der Waals surface area contributed by atoms with Crippen LogP contribution in [0.5, 0.6) is 0 Å². The fourth-order valence-electron chi connectivity index (χ4n) is 2.22. The van der Waals surface area contributed by atoms with Crippen LogP contribution in [-0.4, -0.2) is 18.2 Å². The molecule has 0 aliphatic carbocycles. The maximum atomic E-state index is 9.66. The van der Waals surface area contributed by atoms with Gasteiger partial charge in [-0.05, 0) is 49.3 Å². The third-order valence-corrected chi connectivity index (χ3v) is 4.05. The summed E-state index contributed by atoms with van der Waals surface area (Å²) in [6.07, 6.45) is 1.84. The highest BCUT2D eigenvalue weighted by atomic mass is 35.5. The summed E-state index contributed by atoms with van der Waals surface area (Å²) >= 11 is 6.45. The van der Waals surface area contributed by atoms with Crippen molar-refractivity contribution in [2.24, 2.45) is 11.8 Å². The van der Waals surface area contributed by atoms with Crippen molar-refractivity contribution in [2.45, 2.75) is 53.6 Å². The van der Waals surface area contributed by atoms with Gasteiger partial charge < -0.3 is 10.0 Å². The van der Waals surface area contributed by atoms with Crippen LogP contribution in [0.1, 0.15) is 59.1 Å². The smallest absolute Gasteiger partial charge is 0.0762 e. The van der Waals surface area contributed by atoms with Crippen LogP contribution in [0.2, 0.25) is 5.02 Å². The topological polar surface area (TPSA) is 23.5 Å². The molecule has 21 heavy (non-hydrogen) atoms. The molecule has 120 valence electrons. The van der Waals surface area contributed by atoms with E-state index in [-0.39, 0.29) is 0 Å². The van der Waals surface area contributed by atoms with Gasteiger partial charge in [-0.2, -0.15) is 0 Å². The quantitative estimate of drug-likeness (QED) is 0.705. The van der Waals surface area contributed by atoms with Crippen LogP contribution in [0.4, 0.5) is 5.69 Å². The predicted molar refractivity (Wildman–Crippen MR) is 93.2 cm³/mol. The van der Waals surface area contributed by atoms with Gasteiger partial charge >= 0.3 is 0 Å². The molecule has 3 heteroatoms. The lowest BCUT2D eigenvalue weighted by Crippen LogP contribution is -2.27. The standard InChI is InChI=1S/C18H30ClNO/c1-13(2)8-10-20(11-9-14(3)4)18-7-6-16(15(5)21)12-17(18)19/h6-7,12-15,21H,8-11H2,1-5H3/t15-/m1/s1. The minimum absolute atomic E-state index is 0.476. The third-order valence-electron chi connectivity index (χ3n) is 3.75. The van der Waals surface area contributed by atoms with E-state index >= 15 is 0 Å². The van der Waals surface area contributed by atoms with Gasteiger partial charge in [0, 0.05) is 13.1 Å². The maximum Gasteiger partial charge on any atom is 0.0762 e. The average molecular weight is 312 g/mol. The van der Waals surface area contributed by atoms with Crippen molar-refractivity contribution in [1.29, 1.82) is 0 Å². The molecule has 0 saturated heterocycles. The molecule has 2 nitrogen and oxygen atoms in total. The molecule has 0 unspecified atom stereocenters. The van der Waals surface area contributed by atoms with E-state index in [0.717, 1.165) is 42.2 Å². The van der Waals surface area contributed by atoms with Crippen LogP contribution in [0, 0.1) is 11.8 Å². The highest BCUT2D eigenvalue weighted by molar-refractivity contribution is 6.33. The lowest BCUT2D eigenvalue weighted by Gasteiger charge is -2.28. The number of rotatable bonds is 8. The highest BCUT2D eigenvalue weighted by Crippen LogP contribution is 2.30. The molecule has 1 N–H and O–H groups in total.